The molecule has 0 bridgehead atoms. The smallest absolute Gasteiger partial charge is 0.273 e. The topological polar surface area (TPSA) is 90.4 Å². The van der Waals surface area contributed by atoms with E-state index in [-0.39, 0.29) is 23.7 Å². The van der Waals surface area contributed by atoms with Crippen LogP contribution in [0.5, 0.6) is 0 Å². The Morgan fingerprint density at radius 2 is 2.53 bits per heavy atom. The number of methoxy groups -OCH3 is 1. The molecule has 0 radical (unpaired) electrons. The van der Waals surface area contributed by atoms with Gasteiger partial charge in [0.2, 0.25) is 0 Å². The third-order valence-corrected chi connectivity index (χ3v) is 2.96. The number of carbonyl (C=O) groups excluding carboxylic acids is 1. The van der Waals surface area contributed by atoms with Crippen molar-refractivity contribution < 1.29 is 14.1 Å². The van der Waals surface area contributed by atoms with Crippen molar-refractivity contribution in [3.8, 4) is 0 Å². The number of rotatable bonds is 4. The summed E-state index contributed by atoms with van der Waals surface area (Å²) in [6, 6.07) is 1.67. The van der Waals surface area contributed by atoms with E-state index in [4.69, 9.17) is 15.0 Å². The van der Waals surface area contributed by atoms with Crippen LogP contribution < -0.4 is 11.1 Å². The summed E-state index contributed by atoms with van der Waals surface area (Å²) in [7, 11) is 1.56. The molecule has 3 N–H and O–H groups in total. The van der Waals surface area contributed by atoms with Crippen molar-refractivity contribution in [1.82, 2.24) is 10.5 Å². The average molecular weight is 239 g/mol. The van der Waals surface area contributed by atoms with Crippen LogP contribution in [0.1, 0.15) is 35.5 Å². The van der Waals surface area contributed by atoms with Gasteiger partial charge >= 0.3 is 0 Å². The molecule has 0 aromatic carbocycles. The van der Waals surface area contributed by atoms with E-state index in [2.05, 4.69) is 10.5 Å². The van der Waals surface area contributed by atoms with Crippen LogP contribution in [0.25, 0.3) is 0 Å². The average Bonchev–Trinajstić information content (AvgIpc) is 2.90. The first-order valence-electron chi connectivity index (χ1n) is 5.71. The standard InChI is InChI=1S/C11H17N3O3/c1-16-6-7-5-10(14-17-7)11(15)13-9-4-2-3-8(9)12/h5,8-9H,2-4,6,12H2,1H3,(H,13,15). The maximum Gasteiger partial charge on any atom is 0.273 e. The van der Waals surface area contributed by atoms with E-state index in [0.29, 0.717) is 12.4 Å². The number of amides is 1. The normalized spacial score (nSPS) is 23.9. The molecule has 1 aromatic rings. The van der Waals surface area contributed by atoms with Crippen LogP contribution in [0.3, 0.4) is 0 Å². The molecular formula is C11H17N3O3. The Morgan fingerprint density at radius 1 is 1.71 bits per heavy atom. The second-order valence-corrected chi connectivity index (χ2v) is 4.29. The van der Waals surface area contributed by atoms with Gasteiger partial charge in [-0.15, -0.1) is 0 Å². The fraction of sp³-hybridized carbons (Fsp3) is 0.636. The summed E-state index contributed by atoms with van der Waals surface area (Å²) in [6.45, 7) is 0.309. The van der Waals surface area contributed by atoms with Crippen LogP contribution in [-0.4, -0.2) is 30.3 Å². The Labute approximate surface area is 99.5 Å². The number of ether oxygens (including phenoxy) is 1. The van der Waals surface area contributed by atoms with Crippen LogP contribution in [0.4, 0.5) is 0 Å². The van der Waals surface area contributed by atoms with Gasteiger partial charge in [-0.1, -0.05) is 5.16 Å². The highest BCUT2D eigenvalue weighted by atomic mass is 16.5. The summed E-state index contributed by atoms with van der Waals surface area (Å²) in [5.41, 5.74) is 6.15. The van der Waals surface area contributed by atoms with E-state index >= 15 is 0 Å². The third-order valence-electron chi connectivity index (χ3n) is 2.96. The molecule has 6 heteroatoms. The number of hydrogen-bond donors (Lipinski definition) is 2. The van der Waals surface area contributed by atoms with Crippen molar-refractivity contribution in [2.45, 2.75) is 38.0 Å². The summed E-state index contributed by atoms with van der Waals surface area (Å²) >= 11 is 0. The van der Waals surface area contributed by atoms with E-state index < -0.39 is 0 Å². The number of nitrogens with zero attached hydrogens (tertiary/aromatic N) is 1. The van der Waals surface area contributed by atoms with Gasteiger partial charge in [-0.05, 0) is 19.3 Å². The van der Waals surface area contributed by atoms with Gasteiger partial charge in [-0.2, -0.15) is 0 Å². The molecule has 1 fully saturated rings. The third kappa shape index (κ3) is 2.83. The summed E-state index contributed by atoms with van der Waals surface area (Å²) in [4.78, 5) is 11.8. The summed E-state index contributed by atoms with van der Waals surface area (Å²) < 4.78 is 9.84. The Bertz CT molecular complexity index is 391. The number of nitrogens with one attached hydrogen (secondary N) is 1. The SMILES string of the molecule is COCc1cc(C(=O)NC2CCCC2N)no1. The lowest BCUT2D eigenvalue weighted by Gasteiger charge is -2.15. The zero-order valence-corrected chi connectivity index (χ0v) is 9.81. The summed E-state index contributed by atoms with van der Waals surface area (Å²) in [5, 5.41) is 6.57. The van der Waals surface area contributed by atoms with Crippen LogP contribution in [0.15, 0.2) is 10.6 Å². The molecule has 1 saturated carbocycles. The molecule has 1 amide bonds. The molecule has 94 valence electrons. The van der Waals surface area contributed by atoms with Crippen LogP contribution in [0, 0.1) is 0 Å². The van der Waals surface area contributed by atoms with E-state index in [9.17, 15) is 4.79 Å². The Balaban J connectivity index is 1.94. The molecular weight excluding hydrogens is 222 g/mol. The fourth-order valence-electron chi connectivity index (χ4n) is 2.04. The molecule has 6 nitrogen and oxygen atoms in total. The molecule has 1 aliphatic rings. The number of nitrogens with two attached hydrogens (primary N) is 1. The zero-order chi connectivity index (χ0) is 12.3. The molecule has 2 atom stereocenters. The van der Waals surface area contributed by atoms with Crippen molar-refractivity contribution in [1.29, 1.82) is 0 Å². The first-order chi connectivity index (χ1) is 8.20. The molecule has 0 spiro atoms. The van der Waals surface area contributed by atoms with Crippen molar-refractivity contribution in [2.75, 3.05) is 7.11 Å². The Morgan fingerprint density at radius 3 is 3.18 bits per heavy atom. The fourth-order valence-corrected chi connectivity index (χ4v) is 2.04. The number of aromatic nitrogens is 1. The monoisotopic (exact) mass is 239 g/mol. The zero-order valence-electron chi connectivity index (χ0n) is 9.81. The quantitative estimate of drug-likeness (QED) is 0.795. The first kappa shape index (κ1) is 12.1. The number of hydrogen-bond acceptors (Lipinski definition) is 5. The van der Waals surface area contributed by atoms with Gasteiger partial charge in [0.25, 0.3) is 5.91 Å². The molecule has 0 saturated heterocycles. The minimum Gasteiger partial charge on any atom is -0.377 e. The van der Waals surface area contributed by atoms with E-state index in [1.165, 1.54) is 0 Å². The van der Waals surface area contributed by atoms with Crippen LogP contribution >= 0.6 is 0 Å². The minimum atomic E-state index is -0.238. The molecule has 0 aliphatic heterocycles. The lowest BCUT2D eigenvalue weighted by Crippen LogP contribution is -2.44. The molecule has 17 heavy (non-hydrogen) atoms. The largest absolute Gasteiger partial charge is 0.377 e. The highest BCUT2D eigenvalue weighted by Crippen LogP contribution is 2.17. The predicted molar refractivity (Wildman–Crippen MR) is 60.3 cm³/mol. The van der Waals surface area contributed by atoms with Crippen molar-refractivity contribution in [2.24, 2.45) is 5.73 Å². The summed E-state index contributed by atoms with van der Waals surface area (Å²) in [6.07, 6.45) is 2.94. The van der Waals surface area contributed by atoms with Gasteiger partial charge in [-0.3, -0.25) is 4.79 Å². The predicted octanol–water partition coefficient (Wildman–Crippen LogP) is 0.431. The van der Waals surface area contributed by atoms with Crippen LogP contribution in [0.2, 0.25) is 0 Å². The minimum absolute atomic E-state index is 0.0456. The Hall–Kier alpha value is -1.40. The van der Waals surface area contributed by atoms with Gasteiger partial charge in [0, 0.05) is 25.3 Å². The van der Waals surface area contributed by atoms with E-state index in [1.807, 2.05) is 0 Å². The lowest BCUT2D eigenvalue weighted by molar-refractivity contribution is 0.0924. The van der Waals surface area contributed by atoms with Crippen molar-refractivity contribution in [3.63, 3.8) is 0 Å². The number of carbonyl (C=O) groups is 1. The maximum atomic E-state index is 11.8. The van der Waals surface area contributed by atoms with Gasteiger partial charge in [0.1, 0.15) is 6.61 Å². The highest BCUT2D eigenvalue weighted by molar-refractivity contribution is 5.92. The van der Waals surface area contributed by atoms with Gasteiger partial charge < -0.3 is 20.3 Å². The maximum absolute atomic E-state index is 11.8. The molecule has 2 unspecified atom stereocenters. The molecule has 1 aliphatic carbocycles. The molecule has 2 rings (SSSR count). The highest BCUT2D eigenvalue weighted by Gasteiger charge is 2.26. The van der Waals surface area contributed by atoms with Crippen molar-refractivity contribution >= 4 is 5.91 Å². The Kier molecular flexibility index (Phi) is 3.75. The first-order valence-corrected chi connectivity index (χ1v) is 5.71. The van der Waals surface area contributed by atoms with Crippen LogP contribution in [-0.2, 0) is 11.3 Å². The second kappa shape index (κ2) is 5.29. The molecule has 1 heterocycles. The lowest BCUT2D eigenvalue weighted by atomic mass is 10.2. The molecule has 1 aromatic heterocycles. The van der Waals surface area contributed by atoms with Crippen molar-refractivity contribution in [3.05, 3.63) is 17.5 Å². The van der Waals surface area contributed by atoms with Gasteiger partial charge in [0.05, 0.1) is 0 Å². The van der Waals surface area contributed by atoms with E-state index in [1.54, 1.807) is 13.2 Å². The van der Waals surface area contributed by atoms with Gasteiger partial charge in [0.15, 0.2) is 11.5 Å². The van der Waals surface area contributed by atoms with E-state index in [0.717, 1.165) is 19.3 Å². The second-order valence-electron chi connectivity index (χ2n) is 4.29. The summed E-state index contributed by atoms with van der Waals surface area (Å²) in [5.74, 6) is 0.298. The van der Waals surface area contributed by atoms with Gasteiger partial charge in [-0.25, -0.2) is 0 Å².